The van der Waals surface area contributed by atoms with Gasteiger partial charge in [0, 0.05) is 42.7 Å². The fourth-order valence-electron chi connectivity index (χ4n) is 4.87. The molecule has 3 N–H and O–H groups in total. The number of anilines is 1. The van der Waals surface area contributed by atoms with E-state index in [1.54, 1.807) is 14.0 Å². The van der Waals surface area contributed by atoms with Crippen LogP contribution in [0.2, 0.25) is 5.02 Å². The van der Waals surface area contributed by atoms with Crippen molar-refractivity contribution >= 4 is 40.1 Å². The van der Waals surface area contributed by atoms with Crippen molar-refractivity contribution in [1.82, 2.24) is 10.3 Å². The Bertz CT molecular complexity index is 1000. The predicted molar refractivity (Wildman–Crippen MR) is 130 cm³/mol. The first-order valence-electron chi connectivity index (χ1n) is 11.4. The minimum Gasteiger partial charge on any atom is -0.387 e. The third-order valence-electron chi connectivity index (χ3n) is 6.48. The van der Waals surface area contributed by atoms with Gasteiger partial charge in [-0.3, -0.25) is 4.79 Å². The van der Waals surface area contributed by atoms with Gasteiger partial charge < -0.3 is 20.7 Å². The molecule has 2 unspecified atom stereocenters. The highest BCUT2D eigenvalue weighted by atomic mass is 35.5. The molecule has 1 saturated carbocycles. The molecule has 8 heteroatoms. The molecule has 2 aliphatic rings. The van der Waals surface area contributed by atoms with Crippen LogP contribution in [-0.4, -0.2) is 55.1 Å². The van der Waals surface area contributed by atoms with Crippen LogP contribution in [0.3, 0.4) is 0 Å². The number of nitrogens with zero attached hydrogens (tertiary/aromatic N) is 3. The molecule has 2 atom stereocenters. The van der Waals surface area contributed by atoms with Gasteiger partial charge in [-0.05, 0) is 50.5 Å². The maximum absolute atomic E-state index is 12.9. The average Bonchev–Trinajstić information content (AvgIpc) is 2.78. The fraction of sp³-hybridized carbons (Fsp3) is 0.542. The van der Waals surface area contributed by atoms with E-state index in [-0.39, 0.29) is 11.9 Å². The maximum atomic E-state index is 12.9. The standard InChI is InChI=1S/C24H32ClN5O2/c1-15(26)27-24(31)19-13-16-12-17(25)8-9-20(16)29-23(19)30-11-10-21(22(14-30)32-2)28-18-6-4-3-5-7-18/h8-9,12-13,18,21-22,28H,3-7,10-11,14H2,1-2H3,(H2,26,27,31). The summed E-state index contributed by atoms with van der Waals surface area (Å²) in [6.45, 7) is 3.03. The van der Waals surface area contributed by atoms with Gasteiger partial charge >= 0.3 is 0 Å². The number of hydrogen-bond acceptors (Lipinski definition) is 5. The highest BCUT2D eigenvalue weighted by molar-refractivity contribution is 6.31. The van der Waals surface area contributed by atoms with Crippen molar-refractivity contribution < 1.29 is 9.53 Å². The van der Waals surface area contributed by atoms with Crippen molar-refractivity contribution in [3.63, 3.8) is 0 Å². The van der Waals surface area contributed by atoms with Crippen molar-refractivity contribution in [2.24, 2.45) is 10.7 Å². The Kier molecular flexibility index (Phi) is 7.28. The molecule has 2 aromatic rings. The Balaban J connectivity index is 1.62. The normalized spacial score (nSPS) is 23.0. The zero-order valence-corrected chi connectivity index (χ0v) is 19.6. The number of amidine groups is 1. The molecule has 1 aromatic heterocycles. The fourth-order valence-corrected chi connectivity index (χ4v) is 5.05. The van der Waals surface area contributed by atoms with E-state index in [0.717, 1.165) is 23.9 Å². The van der Waals surface area contributed by atoms with E-state index < -0.39 is 5.91 Å². The van der Waals surface area contributed by atoms with Gasteiger partial charge in [0.25, 0.3) is 5.91 Å². The minimum absolute atomic E-state index is 0.0103. The number of carbonyl (C=O) groups excluding carboxylic acids is 1. The highest BCUT2D eigenvalue weighted by Crippen LogP contribution is 2.30. The van der Waals surface area contributed by atoms with Crippen LogP contribution in [-0.2, 0) is 4.74 Å². The van der Waals surface area contributed by atoms with Crippen LogP contribution in [0, 0.1) is 0 Å². The quantitative estimate of drug-likeness (QED) is 0.522. The zero-order valence-electron chi connectivity index (χ0n) is 18.8. The second-order valence-electron chi connectivity index (χ2n) is 8.87. The van der Waals surface area contributed by atoms with Crippen LogP contribution in [0.25, 0.3) is 10.9 Å². The minimum atomic E-state index is -0.397. The van der Waals surface area contributed by atoms with E-state index in [2.05, 4.69) is 15.2 Å². The topological polar surface area (TPSA) is 92.8 Å². The lowest BCUT2D eigenvalue weighted by Crippen LogP contribution is -2.56. The van der Waals surface area contributed by atoms with Crippen LogP contribution in [0.15, 0.2) is 29.3 Å². The molecular weight excluding hydrogens is 426 g/mol. The molecule has 1 aromatic carbocycles. The van der Waals surface area contributed by atoms with Crippen molar-refractivity contribution in [2.45, 2.75) is 63.6 Å². The van der Waals surface area contributed by atoms with Gasteiger partial charge in [0.1, 0.15) is 11.7 Å². The number of aromatic nitrogens is 1. The summed E-state index contributed by atoms with van der Waals surface area (Å²) in [6, 6.07) is 8.16. The number of benzene rings is 1. The second-order valence-corrected chi connectivity index (χ2v) is 9.31. The van der Waals surface area contributed by atoms with Gasteiger partial charge in [0.2, 0.25) is 0 Å². The summed E-state index contributed by atoms with van der Waals surface area (Å²) in [4.78, 5) is 23.9. The summed E-state index contributed by atoms with van der Waals surface area (Å²) in [6.07, 6.45) is 7.34. The van der Waals surface area contributed by atoms with E-state index in [9.17, 15) is 4.79 Å². The molecule has 1 amide bonds. The first kappa shape index (κ1) is 23.0. The van der Waals surface area contributed by atoms with E-state index >= 15 is 0 Å². The van der Waals surface area contributed by atoms with E-state index in [4.69, 9.17) is 27.1 Å². The SMILES string of the molecule is COC1CN(c2nc3ccc(Cl)cc3cc2C(=O)N=C(C)N)CCC1NC1CCCCC1. The van der Waals surface area contributed by atoms with Gasteiger partial charge in [-0.25, -0.2) is 4.98 Å². The molecule has 1 aliphatic heterocycles. The molecule has 0 radical (unpaired) electrons. The molecule has 0 spiro atoms. The Morgan fingerprint density at radius 3 is 2.75 bits per heavy atom. The molecule has 32 heavy (non-hydrogen) atoms. The Hall–Kier alpha value is -2.22. The van der Waals surface area contributed by atoms with E-state index in [1.807, 2.05) is 24.3 Å². The number of nitrogens with two attached hydrogens (primary N) is 1. The first-order valence-corrected chi connectivity index (χ1v) is 11.8. The molecule has 172 valence electrons. The Morgan fingerprint density at radius 1 is 1.25 bits per heavy atom. The van der Waals surface area contributed by atoms with Crippen molar-refractivity contribution in [3.8, 4) is 0 Å². The summed E-state index contributed by atoms with van der Waals surface area (Å²) in [5.74, 6) is 0.441. The van der Waals surface area contributed by atoms with Crippen LogP contribution < -0.4 is 16.0 Å². The number of rotatable bonds is 5. The molecule has 0 bridgehead atoms. The zero-order chi connectivity index (χ0) is 22.7. The van der Waals surface area contributed by atoms with Gasteiger partial charge in [-0.2, -0.15) is 4.99 Å². The Labute approximate surface area is 194 Å². The Morgan fingerprint density at radius 2 is 2.03 bits per heavy atom. The van der Waals surface area contributed by atoms with Crippen molar-refractivity contribution in [1.29, 1.82) is 0 Å². The number of carbonyl (C=O) groups is 1. The number of fused-ring (bicyclic) bond motifs is 1. The maximum Gasteiger partial charge on any atom is 0.282 e. The van der Waals surface area contributed by atoms with Crippen molar-refractivity contribution in [2.75, 3.05) is 25.1 Å². The van der Waals surface area contributed by atoms with Crippen LogP contribution in [0.4, 0.5) is 5.82 Å². The number of aliphatic imine (C=N–C) groups is 1. The van der Waals surface area contributed by atoms with Gasteiger partial charge in [-0.1, -0.05) is 30.9 Å². The highest BCUT2D eigenvalue weighted by Gasteiger charge is 2.33. The van der Waals surface area contributed by atoms with Gasteiger partial charge in [0.15, 0.2) is 0 Å². The van der Waals surface area contributed by atoms with E-state index in [0.29, 0.717) is 35.0 Å². The molecule has 2 heterocycles. The molecule has 2 fully saturated rings. The second kappa shape index (κ2) is 10.1. The number of ether oxygens (including phenoxy) is 1. The summed E-state index contributed by atoms with van der Waals surface area (Å²) in [5, 5.41) is 5.23. The first-order chi connectivity index (χ1) is 15.4. The predicted octanol–water partition coefficient (Wildman–Crippen LogP) is 3.92. The summed E-state index contributed by atoms with van der Waals surface area (Å²) in [7, 11) is 1.76. The number of pyridine rings is 1. The van der Waals surface area contributed by atoms with Crippen LogP contribution in [0.5, 0.6) is 0 Å². The smallest absolute Gasteiger partial charge is 0.282 e. The number of halogens is 1. The molecular formula is C24H32ClN5O2. The largest absolute Gasteiger partial charge is 0.387 e. The number of methoxy groups -OCH3 is 1. The number of amides is 1. The molecule has 4 rings (SSSR count). The lowest BCUT2D eigenvalue weighted by atomic mass is 9.92. The monoisotopic (exact) mass is 457 g/mol. The molecule has 1 saturated heterocycles. The average molecular weight is 458 g/mol. The summed E-state index contributed by atoms with van der Waals surface area (Å²) < 4.78 is 5.88. The summed E-state index contributed by atoms with van der Waals surface area (Å²) >= 11 is 6.16. The van der Waals surface area contributed by atoms with Crippen molar-refractivity contribution in [3.05, 3.63) is 34.9 Å². The van der Waals surface area contributed by atoms with E-state index in [1.165, 1.54) is 32.1 Å². The van der Waals surface area contributed by atoms with Crippen LogP contribution in [0.1, 0.15) is 55.8 Å². The van der Waals surface area contributed by atoms with Gasteiger partial charge in [0.05, 0.1) is 17.2 Å². The lowest BCUT2D eigenvalue weighted by Gasteiger charge is -2.41. The third-order valence-corrected chi connectivity index (χ3v) is 6.72. The number of nitrogens with one attached hydrogen (secondary N) is 1. The third kappa shape index (κ3) is 5.22. The van der Waals surface area contributed by atoms with Crippen LogP contribution >= 0.6 is 11.6 Å². The molecule has 1 aliphatic carbocycles. The number of hydrogen-bond donors (Lipinski definition) is 2. The number of piperidine rings is 1. The molecule has 7 nitrogen and oxygen atoms in total. The van der Waals surface area contributed by atoms with Gasteiger partial charge in [-0.15, -0.1) is 0 Å². The lowest BCUT2D eigenvalue weighted by molar-refractivity contribution is 0.0533. The summed E-state index contributed by atoms with van der Waals surface area (Å²) in [5.41, 5.74) is 6.90.